The van der Waals surface area contributed by atoms with Crippen LogP contribution in [0.5, 0.6) is 11.5 Å². The van der Waals surface area contributed by atoms with Crippen LogP contribution in [0, 0.1) is 0 Å². The van der Waals surface area contributed by atoms with Gasteiger partial charge in [0.2, 0.25) is 0 Å². The van der Waals surface area contributed by atoms with Gasteiger partial charge in [0, 0.05) is 0 Å². The maximum absolute atomic E-state index is 12.3. The van der Waals surface area contributed by atoms with Crippen molar-refractivity contribution in [2.45, 2.75) is 63.8 Å². The van der Waals surface area contributed by atoms with E-state index in [-0.39, 0.29) is 0 Å². The number of hydrogen-bond acceptors (Lipinski definition) is 8. The first-order chi connectivity index (χ1) is 22.5. The Balaban J connectivity index is 1.01. The molecule has 2 atom stereocenters. The van der Waals surface area contributed by atoms with Crippen molar-refractivity contribution in [2.24, 2.45) is 11.5 Å². The second-order valence-corrected chi connectivity index (χ2v) is 11.2. The predicted molar refractivity (Wildman–Crippen MR) is 178 cm³/mol. The molecule has 2 unspecified atom stereocenters. The molecule has 4 N–H and O–H groups in total. The highest BCUT2D eigenvalue weighted by molar-refractivity contribution is 5.76. The van der Waals surface area contributed by atoms with E-state index in [0.29, 0.717) is 52.1 Å². The maximum atomic E-state index is 12.3. The number of rotatable bonds is 19. The third-order valence-electron chi connectivity index (χ3n) is 7.39. The summed E-state index contributed by atoms with van der Waals surface area (Å²) in [5, 5.41) is 0. The molecule has 0 aliphatic carbocycles. The molecule has 0 fully saturated rings. The fourth-order valence-electron chi connectivity index (χ4n) is 4.72. The SMILES string of the molecule is NC(Cc1ccc(OCc2ccccc2)cc1)C(=O)OCCCCCCOC(=O)C(N)Cc1ccc(OCc2ccccc2)cc1. The molecule has 4 aromatic carbocycles. The quantitative estimate of drug-likeness (QED) is 0.0972. The van der Waals surface area contributed by atoms with E-state index in [4.69, 9.17) is 30.4 Å². The molecule has 0 heterocycles. The lowest BCUT2D eigenvalue weighted by Crippen LogP contribution is -2.34. The molecular weight excluding hydrogens is 580 g/mol. The first-order valence-electron chi connectivity index (χ1n) is 15.8. The predicted octanol–water partition coefficient (Wildman–Crippen LogP) is 5.93. The summed E-state index contributed by atoms with van der Waals surface area (Å²) in [6, 6.07) is 33.6. The van der Waals surface area contributed by atoms with Crippen LogP contribution in [0.4, 0.5) is 0 Å². The number of nitrogens with two attached hydrogens (primary N) is 2. The van der Waals surface area contributed by atoms with Crippen molar-refractivity contribution in [2.75, 3.05) is 13.2 Å². The molecule has 0 saturated carbocycles. The Hall–Kier alpha value is -4.66. The third-order valence-corrected chi connectivity index (χ3v) is 7.39. The Morgan fingerprint density at radius 1 is 0.478 bits per heavy atom. The zero-order valence-electron chi connectivity index (χ0n) is 26.2. The second-order valence-electron chi connectivity index (χ2n) is 11.2. The topological polar surface area (TPSA) is 123 Å². The minimum absolute atomic E-state index is 0.305. The zero-order valence-corrected chi connectivity index (χ0v) is 26.2. The normalized spacial score (nSPS) is 12.1. The van der Waals surface area contributed by atoms with Crippen LogP contribution in [-0.4, -0.2) is 37.2 Å². The number of unbranched alkanes of at least 4 members (excludes halogenated alkanes) is 3. The molecule has 0 radical (unpaired) electrons. The molecule has 0 aliphatic rings. The Labute approximate surface area is 271 Å². The molecule has 4 rings (SSSR count). The summed E-state index contributed by atoms with van der Waals surface area (Å²) in [6.45, 7) is 1.60. The van der Waals surface area contributed by atoms with Crippen molar-refractivity contribution in [3.63, 3.8) is 0 Å². The fraction of sp³-hybridized carbons (Fsp3) is 0.316. The number of benzene rings is 4. The lowest BCUT2D eigenvalue weighted by molar-refractivity contribution is -0.146. The van der Waals surface area contributed by atoms with Gasteiger partial charge < -0.3 is 30.4 Å². The van der Waals surface area contributed by atoms with Crippen molar-refractivity contribution in [3.8, 4) is 11.5 Å². The monoisotopic (exact) mass is 624 g/mol. The summed E-state index contributed by atoms with van der Waals surface area (Å²) in [6.07, 6.45) is 3.89. The molecule has 242 valence electrons. The van der Waals surface area contributed by atoms with Gasteiger partial charge in [0.15, 0.2) is 0 Å². The van der Waals surface area contributed by atoms with Crippen molar-refractivity contribution in [3.05, 3.63) is 131 Å². The zero-order chi connectivity index (χ0) is 32.4. The summed E-state index contributed by atoms with van der Waals surface area (Å²) in [7, 11) is 0. The van der Waals surface area contributed by atoms with Crippen LogP contribution < -0.4 is 20.9 Å². The van der Waals surface area contributed by atoms with Crippen LogP contribution >= 0.6 is 0 Å². The molecular formula is C38H44N2O6. The number of esters is 2. The van der Waals surface area contributed by atoms with E-state index >= 15 is 0 Å². The average Bonchev–Trinajstić information content (AvgIpc) is 3.09. The van der Waals surface area contributed by atoms with E-state index in [1.54, 1.807) is 0 Å². The largest absolute Gasteiger partial charge is 0.489 e. The summed E-state index contributed by atoms with van der Waals surface area (Å²) in [5.74, 6) is 0.685. The molecule has 0 spiro atoms. The van der Waals surface area contributed by atoms with Crippen LogP contribution in [0.25, 0.3) is 0 Å². The Kier molecular flexibility index (Phi) is 14.1. The van der Waals surface area contributed by atoms with Crippen molar-refractivity contribution < 1.29 is 28.5 Å². The van der Waals surface area contributed by atoms with E-state index in [0.717, 1.165) is 46.6 Å². The minimum Gasteiger partial charge on any atom is -0.489 e. The average molecular weight is 625 g/mol. The number of carbonyl (C=O) groups is 2. The van der Waals surface area contributed by atoms with Gasteiger partial charge >= 0.3 is 11.9 Å². The highest BCUT2D eigenvalue weighted by atomic mass is 16.5. The lowest BCUT2D eigenvalue weighted by atomic mass is 10.1. The van der Waals surface area contributed by atoms with Crippen LogP contribution in [0.2, 0.25) is 0 Å². The number of carbonyl (C=O) groups excluding carboxylic acids is 2. The smallest absolute Gasteiger partial charge is 0.323 e. The molecule has 8 heteroatoms. The van der Waals surface area contributed by atoms with E-state index < -0.39 is 24.0 Å². The molecule has 0 amide bonds. The van der Waals surface area contributed by atoms with Gasteiger partial charge in [-0.25, -0.2) is 0 Å². The first kappa shape index (κ1) is 34.2. The van der Waals surface area contributed by atoms with E-state index in [9.17, 15) is 9.59 Å². The van der Waals surface area contributed by atoms with Gasteiger partial charge in [0.25, 0.3) is 0 Å². The van der Waals surface area contributed by atoms with Gasteiger partial charge in [-0.1, -0.05) is 84.9 Å². The van der Waals surface area contributed by atoms with E-state index in [1.165, 1.54) is 0 Å². The first-order valence-corrected chi connectivity index (χ1v) is 15.8. The number of ether oxygens (including phenoxy) is 4. The van der Waals surface area contributed by atoms with Crippen LogP contribution in [-0.2, 0) is 45.1 Å². The molecule has 0 aromatic heterocycles. The highest BCUT2D eigenvalue weighted by Crippen LogP contribution is 2.17. The van der Waals surface area contributed by atoms with E-state index in [1.807, 2.05) is 109 Å². The Bertz CT molecular complexity index is 1330. The maximum Gasteiger partial charge on any atom is 0.323 e. The van der Waals surface area contributed by atoms with Gasteiger partial charge in [-0.05, 0) is 85.0 Å². The molecule has 0 saturated heterocycles. The van der Waals surface area contributed by atoms with E-state index in [2.05, 4.69) is 0 Å². The molecule has 8 nitrogen and oxygen atoms in total. The van der Waals surface area contributed by atoms with Crippen molar-refractivity contribution in [1.29, 1.82) is 0 Å². The summed E-state index contributed by atoms with van der Waals surface area (Å²) in [4.78, 5) is 24.7. The van der Waals surface area contributed by atoms with Gasteiger partial charge in [0.1, 0.15) is 36.8 Å². The summed E-state index contributed by atoms with van der Waals surface area (Å²) >= 11 is 0. The van der Waals surface area contributed by atoms with Crippen LogP contribution in [0.3, 0.4) is 0 Å². The highest BCUT2D eigenvalue weighted by Gasteiger charge is 2.17. The Morgan fingerprint density at radius 2 is 0.848 bits per heavy atom. The number of hydrogen-bond donors (Lipinski definition) is 2. The molecule has 4 aromatic rings. The van der Waals surface area contributed by atoms with Crippen molar-refractivity contribution >= 4 is 11.9 Å². The summed E-state index contributed by atoms with van der Waals surface area (Å²) < 4.78 is 22.3. The Morgan fingerprint density at radius 3 is 1.22 bits per heavy atom. The fourth-order valence-corrected chi connectivity index (χ4v) is 4.72. The van der Waals surface area contributed by atoms with Crippen LogP contribution in [0.1, 0.15) is 47.9 Å². The minimum atomic E-state index is -0.731. The third kappa shape index (κ3) is 12.4. The molecule has 0 bridgehead atoms. The van der Waals surface area contributed by atoms with Gasteiger partial charge in [-0.15, -0.1) is 0 Å². The molecule has 46 heavy (non-hydrogen) atoms. The lowest BCUT2D eigenvalue weighted by Gasteiger charge is -2.13. The van der Waals surface area contributed by atoms with Gasteiger partial charge in [-0.3, -0.25) is 9.59 Å². The second kappa shape index (κ2) is 19.0. The summed E-state index contributed by atoms with van der Waals surface area (Å²) in [5.41, 5.74) is 16.2. The van der Waals surface area contributed by atoms with Gasteiger partial charge in [-0.2, -0.15) is 0 Å². The standard InChI is InChI=1S/C38H44N2O6/c39-35(25-29-15-19-33(20-16-29)45-27-31-11-5-3-6-12-31)37(41)43-23-9-1-2-10-24-44-38(42)36(40)26-30-17-21-34(22-18-30)46-28-32-13-7-4-8-14-32/h3-8,11-22,35-36H,1-2,9-10,23-28,39-40H2. The molecule has 0 aliphatic heterocycles. The van der Waals surface area contributed by atoms with Crippen LogP contribution in [0.15, 0.2) is 109 Å². The van der Waals surface area contributed by atoms with Crippen molar-refractivity contribution in [1.82, 2.24) is 0 Å². The van der Waals surface area contributed by atoms with Gasteiger partial charge in [0.05, 0.1) is 13.2 Å².